The van der Waals surface area contributed by atoms with Gasteiger partial charge in [0, 0.05) is 42.1 Å². The summed E-state index contributed by atoms with van der Waals surface area (Å²) < 4.78 is 11.1. The van der Waals surface area contributed by atoms with Crippen LogP contribution in [0, 0.1) is 11.8 Å². The number of aromatic hydroxyl groups is 1. The molecule has 2 aliphatic heterocycles. The average Bonchev–Trinajstić information content (AvgIpc) is 3.56. The molecular formula is C22H22N6O3. The minimum atomic E-state index is 0.0639. The molecule has 1 aromatic carbocycles. The summed E-state index contributed by atoms with van der Waals surface area (Å²) in [7, 11) is 1.49. The summed E-state index contributed by atoms with van der Waals surface area (Å²) in [5.74, 6) is 2.72. The zero-order valence-corrected chi connectivity index (χ0v) is 17.0. The van der Waals surface area contributed by atoms with Crippen LogP contribution in [0.5, 0.6) is 17.6 Å². The number of rotatable bonds is 5. The Labute approximate surface area is 178 Å². The van der Waals surface area contributed by atoms with Crippen LogP contribution in [0.15, 0.2) is 36.7 Å². The predicted molar refractivity (Wildman–Crippen MR) is 110 cm³/mol. The summed E-state index contributed by atoms with van der Waals surface area (Å²) in [6, 6.07) is 10.2. The Kier molecular flexibility index (Phi) is 4.24. The zero-order valence-electron chi connectivity index (χ0n) is 17.0. The third-order valence-corrected chi connectivity index (χ3v) is 6.58. The van der Waals surface area contributed by atoms with Crippen LogP contribution < -0.4 is 14.8 Å². The first-order chi connectivity index (χ1) is 15.2. The van der Waals surface area contributed by atoms with Crippen molar-refractivity contribution >= 4 is 0 Å². The van der Waals surface area contributed by atoms with E-state index in [2.05, 4.69) is 30.5 Å². The number of phenols is 1. The lowest BCUT2D eigenvalue weighted by molar-refractivity contribution is 0.119. The smallest absolute Gasteiger partial charge is 0.319 e. The van der Waals surface area contributed by atoms with Gasteiger partial charge < -0.3 is 19.9 Å². The molecule has 3 aromatic rings. The number of methoxy groups -OCH3 is 1. The number of ether oxygens (including phenoxy) is 2. The number of nitrogens with zero attached hydrogens (tertiary/aromatic N) is 5. The number of aromatic nitrogens is 5. The summed E-state index contributed by atoms with van der Waals surface area (Å²) in [6.07, 6.45) is 5.00. The van der Waals surface area contributed by atoms with Crippen molar-refractivity contribution in [1.82, 2.24) is 30.5 Å². The minimum absolute atomic E-state index is 0.0639. The maximum atomic E-state index is 10.5. The van der Waals surface area contributed by atoms with E-state index >= 15 is 0 Å². The number of piperidine rings is 2. The fraction of sp³-hybridized carbons (Fsp3) is 0.409. The van der Waals surface area contributed by atoms with Crippen LogP contribution in [0.25, 0.3) is 22.6 Å². The molecular weight excluding hydrogens is 396 g/mol. The normalized spacial score (nSPS) is 28.1. The predicted octanol–water partition coefficient (Wildman–Crippen LogP) is 2.23. The van der Waals surface area contributed by atoms with Crippen molar-refractivity contribution in [3.63, 3.8) is 0 Å². The van der Waals surface area contributed by atoms with Crippen molar-refractivity contribution in [3.8, 4) is 40.3 Å². The zero-order chi connectivity index (χ0) is 20.9. The number of nitrogens with one attached hydrogen (secondary N) is 1. The van der Waals surface area contributed by atoms with E-state index in [4.69, 9.17) is 9.47 Å². The highest BCUT2D eigenvalue weighted by Crippen LogP contribution is 2.53. The highest BCUT2D eigenvalue weighted by Gasteiger charge is 2.57. The van der Waals surface area contributed by atoms with E-state index in [9.17, 15) is 5.11 Å². The molecule has 5 atom stereocenters. The van der Waals surface area contributed by atoms with Gasteiger partial charge in [-0.2, -0.15) is 9.97 Å². The quantitative estimate of drug-likeness (QED) is 0.643. The Morgan fingerprint density at radius 3 is 2.55 bits per heavy atom. The lowest BCUT2D eigenvalue weighted by Crippen LogP contribution is -2.45. The molecule has 9 heteroatoms. The van der Waals surface area contributed by atoms with Gasteiger partial charge >= 0.3 is 6.01 Å². The summed E-state index contributed by atoms with van der Waals surface area (Å²) in [6.45, 7) is 0. The van der Waals surface area contributed by atoms with Crippen molar-refractivity contribution in [3.05, 3.63) is 36.7 Å². The molecule has 3 aliphatic rings. The number of hydrogen-bond donors (Lipinski definition) is 2. The number of hydrogen-bond acceptors (Lipinski definition) is 9. The number of fused-ring (bicyclic) bond motifs is 5. The Balaban J connectivity index is 1.17. The van der Waals surface area contributed by atoms with E-state index in [0.29, 0.717) is 40.6 Å². The van der Waals surface area contributed by atoms with Crippen molar-refractivity contribution in [1.29, 1.82) is 0 Å². The summed E-state index contributed by atoms with van der Waals surface area (Å²) in [5.41, 5.74) is 1.79. The Morgan fingerprint density at radius 2 is 1.84 bits per heavy atom. The van der Waals surface area contributed by atoms with Gasteiger partial charge in [-0.15, -0.1) is 10.2 Å². The molecule has 1 saturated carbocycles. The third kappa shape index (κ3) is 3.34. The molecule has 0 radical (unpaired) electrons. The second-order valence-electron chi connectivity index (χ2n) is 8.44. The van der Waals surface area contributed by atoms with Gasteiger partial charge in [0.05, 0.1) is 12.8 Å². The molecule has 2 aromatic heterocycles. The lowest BCUT2D eigenvalue weighted by Gasteiger charge is -2.31. The van der Waals surface area contributed by atoms with Gasteiger partial charge in [0.25, 0.3) is 0 Å². The maximum absolute atomic E-state index is 10.5. The molecule has 4 heterocycles. The van der Waals surface area contributed by atoms with Gasteiger partial charge in [0.15, 0.2) is 5.82 Å². The van der Waals surface area contributed by atoms with Gasteiger partial charge in [-0.05, 0) is 36.5 Å². The summed E-state index contributed by atoms with van der Waals surface area (Å²) in [4.78, 5) is 12.2. The van der Waals surface area contributed by atoms with Gasteiger partial charge in [-0.25, -0.2) is 4.98 Å². The first-order valence-corrected chi connectivity index (χ1v) is 10.5. The largest absolute Gasteiger partial charge is 0.507 e. The van der Waals surface area contributed by atoms with E-state index in [0.717, 1.165) is 24.7 Å². The van der Waals surface area contributed by atoms with Crippen LogP contribution in [0.2, 0.25) is 0 Å². The molecule has 2 bridgehead atoms. The molecule has 158 valence electrons. The van der Waals surface area contributed by atoms with Gasteiger partial charge in [0.2, 0.25) is 5.88 Å². The first kappa shape index (κ1) is 18.4. The highest BCUT2D eigenvalue weighted by atomic mass is 16.5. The number of phenolic OH excluding ortho intramolecular Hbond substituents is 1. The topological polar surface area (TPSA) is 115 Å². The van der Waals surface area contributed by atoms with E-state index in [-0.39, 0.29) is 17.9 Å². The molecule has 3 fully saturated rings. The van der Waals surface area contributed by atoms with E-state index in [1.807, 2.05) is 18.2 Å². The number of benzene rings is 1. The SMILES string of the molecule is COc1ncnc(-c2ccc(-c3ccc(OC4C[C@@H]5N[C@H](C4)[C@H]4C[C@H]45)nn3)c(O)c2)n1. The second kappa shape index (κ2) is 7.12. The average molecular weight is 418 g/mol. The molecule has 6 rings (SSSR count). The molecule has 2 N–H and O–H groups in total. The van der Waals surface area contributed by atoms with Crippen LogP contribution in [0.4, 0.5) is 0 Å². The fourth-order valence-electron chi connectivity index (χ4n) is 5.03. The Morgan fingerprint density at radius 1 is 1.00 bits per heavy atom. The van der Waals surface area contributed by atoms with Crippen molar-refractivity contribution < 1.29 is 14.6 Å². The maximum Gasteiger partial charge on any atom is 0.319 e. The monoisotopic (exact) mass is 418 g/mol. The van der Waals surface area contributed by atoms with Crippen molar-refractivity contribution in [2.24, 2.45) is 11.8 Å². The molecule has 2 saturated heterocycles. The molecule has 1 aliphatic carbocycles. The standard InChI is InChI=1S/C22H22N6O3/c1-30-22-24-10-23-21(26-22)11-2-3-13(19(29)6-11)16-4-5-20(28-27-16)31-12-7-17-14-9-15(14)18(8-12)25-17/h2-6,10,12,14-15,17-18,25,29H,7-9H2,1H3/t12?,14-,15+,17+,18-. The molecule has 31 heavy (non-hydrogen) atoms. The molecule has 9 nitrogen and oxygen atoms in total. The van der Waals surface area contributed by atoms with Crippen molar-refractivity contribution in [2.45, 2.75) is 37.5 Å². The van der Waals surface area contributed by atoms with Crippen LogP contribution in [-0.2, 0) is 0 Å². The van der Waals surface area contributed by atoms with Crippen LogP contribution in [0.3, 0.4) is 0 Å². The molecule has 1 unspecified atom stereocenters. The molecule has 0 spiro atoms. The van der Waals surface area contributed by atoms with Crippen LogP contribution >= 0.6 is 0 Å². The van der Waals surface area contributed by atoms with Gasteiger partial charge in [-0.3, -0.25) is 0 Å². The van der Waals surface area contributed by atoms with Gasteiger partial charge in [-0.1, -0.05) is 6.07 Å². The third-order valence-electron chi connectivity index (χ3n) is 6.58. The molecule has 0 amide bonds. The van der Waals surface area contributed by atoms with E-state index in [1.54, 1.807) is 12.1 Å². The van der Waals surface area contributed by atoms with Crippen molar-refractivity contribution in [2.75, 3.05) is 7.11 Å². The summed E-state index contributed by atoms with van der Waals surface area (Å²) >= 11 is 0. The van der Waals surface area contributed by atoms with Crippen LogP contribution in [0.1, 0.15) is 19.3 Å². The fourth-order valence-corrected chi connectivity index (χ4v) is 5.03. The minimum Gasteiger partial charge on any atom is -0.507 e. The first-order valence-electron chi connectivity index (χ1n) is 10.5. The van der Waals surface area contributed by atoms with Gasteiger partial charge in [0.1, 0.15) is 18.2 Å². The summed E-state index contributed by atoms with van der Waals surface area (Å²) in [5, 5.41) is 22.8. The Bertz CT molecular complexity index is 1110. The van der Waals surface area contributed by atoms with E-state index in [1.165, 1.54) is 19.9 Å². The highest BCUT2D eigenvalue weighted by molar-refractivity contribution is 5.71. The Hall–Kier alpha value is -3.33. The second-order valence-corrected chi connectivity index (χ2v) is 8.44. The van der Waals surface area contributed by atoms with Crippen LogP contribution in [-0.4, -0.2) is 55.6 Å². The van der Waals surface area contributed by atoms with E-state index < -0.39 is 0 Å². The lowest BCUT2D eigenvalue weighted by atomic mass is 9.98.